The first-order valence-electron chi connectivity index (χ1n) is 3.67. The number of halogens is 2. The van der Waals surface area contributed by atoms with Crippen LogP contribution in [0.4, 0.5) is 0 Å². The van der Waals surface area contributed by atoms with E-state index in [-0.39, 0.29) is 0 Å². The normalized spacial score (nSPS) is 9.62. The summed E-state index contributed by atoms with van der Waals surface area (Å²) in [5, 5.41) is 9.32. The molecule has 0 radical (unpaired) electrons. The molecule has 0 saturated heterocycles. The topological polar surface area (TPSA) is 23.8 Å². The van der Waals surface area contributed by atoms with Crippen molar-refractivity contribution in [1.82, 2.24) is 0 Å². The number of benzene rings is 1. The van der Waals surface area contributed by atoms with Gasteiger partial charge in [0.2, 0.25) is 0 Å². The zero-order valence-corrected chi connectivity index (χ0v) is 9.09. The van der Waals surface area contributed by atoms with Crippen molar-refractivity contribution in [3.05, 3.63) is 28.8 Å². The minimum atomic E-state index is 0.502. The van der Waals surface area contributed by atoms with Crippen molar-refractivity contribution >= 4 is 35.0 Å². The van der Waals surface area contributed by atoms with Gasteiger partial charge in [-0.05, 0) is 12.1 Å². The molecule has 4 heteroatoms. The highest BCUT2D eigenvalue weighted by Gasteiger charge is 2.05. The Morgan fingerprint density at radius 1 is 1.46 bits per heavy atom. The average molecular weight is 232 g/mol. The van der Waals surface area contributed by atoms with Gasteiger partial charge in [0.15, 0.2) is 0 Å². The number of hydrogen-bond donors (Lipinski definition) is 0. The van der Waals surface area contributed by atoms with Crippen LogP contribution < -0.4 is 0 Å². The molecule has 0 bridgehead atoms. The van der Waals surface area contributed by atoms with E-state index in [2.05, 4.69) is 6.07 Å². The summed E-state index contributed by atoms with van der Waals surface area (Å²) in [6.07, 6.45) is 0. The first-order valence-corrected chi connectivity index (χ1v) is 5.56. The van der Waals surface area contributed by atoms with Crippen molar-refractivity contribution in [3.8, 4) is 6.07 Å². The second-order valence-electron chi connectivity index (χ2n) is 2.26. The lowest BCUT2D eigenvalue weighted by Crippen LogP contribution is -1.85. The van der Waals surface area contributed by atoms with Crippen LogP contribution in [0.25, 0.3) is 0 Å². The highest BCUT2D eigenvalue weighted by Crippen LogP contribution is 2.27. The summed E-state index contributed by atoms with van der Waals surface area (Å²) in [6.45, 7) is 0. The summed E-state index contributed by atoms with van der Waals surface area (Å²) < 4.78 is 0. The van der Waals surface area contributed by atoms with Gasteiger partial charge < -0.3 is 0 Å². The number of rotatable bonds is 3. The van der Waals surface area contributed by atoms with E-state index in [4.69, 9.17) is 28.5 Å². The highest BCUT2D eigenvalue weighted by molar-refractivity contribution is 7.99. The van der Waals surface area contributed by atoms with Gasteiger partial charge in [-0.3, -0.25) is 0 Å². The molecule has 68 valence electrons. The van der Waals surface area contributed by atoms with Crippen LogP contribution in [0.5, 0.6) is 0 Å². The molecular formula is C9H7Cl2NS. The lowest BCUT2D eigenvalue weighted by molar-refractivity contribution is 1.36. The molecule has 0 spiro atoms. The zero-order chi connectivity index (χ0) is 9.68. The highest BCUT2D eigenvalue weighted by atomic mass is 35.5. The van der Waals surface area contributed by atoms with Crippen molar-refractivity contribution in [3.63, 3.8) is 0 Å². The second-order valence-corrected chi connectivity index (χ2v) is 4.18. The number of alkyl halides is 1. The maximum atomic E-state index is 8.82. The fourth-order valence-electron chi connectivity index (χ4n) is 0.882. The minimum absolute atomic E-state index is 0.502. The summed E-state index contributed by atoms with van der Waals surface area (Å²) in [7, 11) is 0. The van der Waals surface area contributed by atoms with Crippen LogP contribution >= 0.6 is 35.0 Å². The fraction of sp³-hybridized carbons (Fsp3) is 0.222. The van der Waals surface area contributed by atoms with Crippen LogP contribution in [-0.4, -0.2) is 11.6 Å². The first kappa shape index (κ1) is 10.7. The molecule has 1 aromatic rings. The smallest absolute Gasteiger partial charge is 0.102 e. The van der Waals surface area contributed by atoms with Gasteiger partial charge in [-0.25, -0.2) is 0 Å². The predicted molar refractivity (Wildman–Crippen MR) is 57.6 cm³/mol. The molecule has 0 aliphatic carbocycles. The Bertz CT molecular complexity index is 333. The van der Waals surface area contributed by atoms with Crippen LogP contribution in [0.2, 0.25) is 5.02 Å². The molecule has 0 atom stereocenters. The lowest BCUT2D eigenvalue weighted by Gasteiger charge is -2.02. The average Bonchev–Trinajstić information content (AvgIpc) is 2.15. The molecule has 1 aromatic carbocycles. The van der Waals surface area contributed by atoms with Crippen LogP contribution in [-0.2, 0) is 0 Å². The fourth-order valence-corrected chi connectivity index (χ4v) is 2.16. The third kappa shape index (κ3) is 2.80. The Balaban J connectivity index is 2.93. The molecule has 0 N–H and O–H groups in total. The van der Waals surface area contributed by atoms with Gasteiger partial charge in [-0.15, -0.1) is 23.4 Å². The van der Waals surface area contributed by atoms with Crippen molar-refractivity contribution in [2.75, 3.05) is 11.6 Å². The van der Waals surface area contributed by atoms with E-state index in [0.29, 0.717) is 16.5 Å². The molecule has 0 aliphatic heterocycles. The summed E-state index contributed by atoms with van der Waals surface area (Å²) in [5.74, 6) is 1.36. The van der Waals surface area contributed by atoms with E-state index in [1.54, 1.807) is 17.8 Å². The quantitative estimate of drug-likeness (QED) is 0.587. The molecule has 1 nitrogen and oxygen atoms in total. The molecule has 0 aromatic heterocycles. The Morgan fingerprint density at radius 2 is 2.23 bits per heavy atom. The van der Waals surface area contributed by atoms with E-state index < -0.39 is 0 Å². The Hall–Kier alpha value is -0.360. The van der Waals surface area contributed by atoms with E-state index >= 15 is 0 Å². The SMILES string of the molecule is N#Cc1c(Cl)cccc1SCCCl. The molecule has 0 saturated carbocycles. The van der Waals surface area contributed by atoms with Gasteiger partial charge in [-0.2, -0.15) is 5.26 Å². The second kappa shape index (κ2) is 5.39. The van der Waals surface area contributed by atoms with Crippen LogP contribution in [0.15, 0.2) is 23.1 Å². The maximum absolute atomic E-state index is 8.82. The van der Waals surface area contributed by atoms with Gasteiger partial charge in [0.05, 0.1) is 10.6 Å². The molecule has 0 aliphatic rings. The molecule has 0 amide bonds. The molecular weight excluding hydrogens is 225 g/mol. The molecule has 0 fully saturated rings. The number of hydrogen-bond acceptors (Lipinski definition) is 2. The molecule has 0 unspecified atom stereocenters. The summed E-state index contributed by atoms with van der Waals surface area (Å²) in [4.78, 5) is 0.899. The van der Waals surface area contributed by atoms with Crippen molar-refractivity contribution in [1.29, 1.82) is 5.26 Å². The van der Waals surface area contributed by atoms with Gasteiger partial charge in [-0.1, -0.05) is 17.7 Å². The predicted octanol–water partition coefficient (Wildman–Crippen LogP) is 3.54. The maximum Gasteiger partial charge on any atom is 0.102 e. The van der Waals surface area contributed by atoms with Gasteiger partial charge in [0.1, 0.15) is 6.07 Å². The van der Waals surface area contributed by atoms with Gasteiger partial charge in [0.25, 0.3) is 0 Å². The monoisotopic (exact) mass is 231 g/mol. The third-order valence-corrected chi connectivity index (χ3v) is 3.21. The molecule has 13 heavy (non-hydrogen) atoms. The Labute approximate surface area is 91.6 Å². The van der Waals surface area contributed by atoms with Crippen molar-refractivity contribution in [2.45, 2.75) is 4.90 Å². The summed E-state index contributed by atoms with van der Waals surface area (Å²) in [5.41, 5.74) is 0.541. The largest absolute Gasteiger partial charge is 0.192 e. The standard InChI is InChI=1S/C9H7Cl2NS/c10-4-5-13-9-3-1-2-8(11)7(9)6-12/h1-3H,4-5H2. The Kier molecular flexibility index (Phi) is 4.44. The van der Waals surface area contributed by atoms with E-state index in [1.807, 2.05) is 12.1 Å². The van der Waals surface area contributed by atoms with E-state index in [9.17, 15) is 0 Å². The lowest BCUT2D eigenvalue weighted by atomic mass is 10.2. The van der Waals surface area contributed by atoms with E-state index in [1.165, 1.54) is 0 Å². The number of nitrogens with zero attached hydrogens (tertiary/aromatic N) is 1. The molecule has 0 heterocycles. The van der Waals surface area contributed by atoms with Gasteiger partial charge >= 0.3 is 0 Å². The minimum Gasteiger partial charge on any atom is -0.192 e. The Morgan fingerprint density at radius 3 is 2.85 bits per heavy atom. The summed E-state index contributed by atoms with van der Waals surface area (Å²) in [6, 6.07) is 7.50. The van der Waals surface area contributed by atoms with Gasteiger partial charge in [0, 0.05) is 16.5 Å². The van der Waals surface area contributed by atoms with Crippen LogP contribution in [0, 0.1) is 11.3 Å². The molecule has 1 rings (SSSR count). The first-order chi connectivity index (χ1) is 6.29. The van der Waals surface area contributed by atoms with Crippen molar-refractivity contribution in [2.24, 2.45) is 0 Å². The third-order valence-electron chi connectivity index (χ3n) is 1.42. The van der Waals surface area contributed by atoms with Crippen LogP contribution in [0.3, 0.4) is 0 Å². The van der Waals surface area contributed by atoms with E-state index in [0.717, 1.165) is 10.6 Å². The zero-order valence-electron chi connectivity index (χ0n) is 6.76. The number of nitriles is 1. The number of thioether (sulfide) groups is 1. The van der Waals surface area contributed by atoms with Crippen LogP contribution in [0.1, 0.15) is 5.56 Å². The van der Waals surface area contributed by atoms with Crippen molar-refractivity contribution < 1.29 is 0 Å². The summed E-state index contributed by atoms with van der Waals surface area (Å²) >= 11 is 12.9.